The molecule has 0 bridgehead atoms. The molecule has 198 valence electrons. The first-order chi connectivity index (χ1) is 17.8. The molecule has 37 heavy (non-hydrogen) atoms. The number of nitrogens with zero attached hydrogens (tertiary/aromatic N) is 2. The topological polar surface area (TPSA) is 184 Å². The summed E-state index contributed by atoms with van der Waals surface area (Å²) in [6.45, 7) is 4.62. The zero-order valence-electron chi connectivity index (χ0n) is 20.7. The van der Waals surface area contributed by atoms with Gasteiger partial charge in [-0.25, -0.2) is 4.79 Å². The van der Waals surface area contributed by atoms with E-state index >= 15 is 0 Å². The molecular weight excluding hydrogens is 486 g/mol. The third-order valence-corrected chi connectivity index (χ3v) is 4.93. The summed E-state index contributed by atoms with van der Waals surface area (Å²) in [5.41, 5.74) is 5.36. The van der Waals surface area contributed by atoms with Gasteiger partial charge in [0, 0.05) is 31.1 Å². The number of nitro groups is 1. The van der Waals surface area contributed by atoms with Crippen LogP contribution in [-0.4, -0.2) is 50.2 Å². The number of hydrogen-bond donors (Lipinski definition) is 3. The highest BCUT2D eigenvalue weighted by atomic mass is 16.6. The first kappa shape index (κ1) is 28.6. The van der Waals surface area contributed by atoms with Gasteiger partial charge in [-0.1, -0.05) is 26.0 Å². The van der Waals surface area contributed by atoms with Gasteiger partial charge in [-0.2, -0.15) is 0 Å². The molecule has 0 saturated heterocycles. The number of nitrogens with two attached hydrogens (primary N) is 1. The van der Waals surface area contributed by atoms with Crippen molar-refractivity contribution in [2.75, 3.05) is 44.0 Å². The average Bonchev–Trinajstić information content (AvgIpc) is 2.91. The SMILES string of the molecule is CC.COC(=O)c1cc(N=O)c2c(c1)OCCCOc1cc(C(N)=O)cc([N+](=O)[O-])c1NC/C=C/CN2. The van der Waals surface area contributed by atoms with E-state index in [1.807, 2.05) is 13.8 Å². The Hall–Kier alpha value is -4.68. The molecule has 0 atom stereocenters. The number of nitroso groups, excluding NO2 is 1. The minimum absolute atomic E-state index is 0.0306. The van der Waals surface area contributed by atoms with E-state index in [1.54, 1.807) is 12.2 Å². The van der Waals surface area contributed by atoms with Gasteiger partial charge in [-0.15, -0.1) is 4.91 Å². The molecule has 4 N–H and O–H groups in total. The second kappa shape index (κ2) is 14.0. The Morgan fingerprint density at radius 2 is 1.57 bits per heavy atom. The zero-order valence-corrected chi connectivity index (χ0v) is 20.7. The van der Waals surface area contributed by atoms with Crippen LogP contribution >= 0.6 is 0 Å². The maximum absolute atomic E-state index is 12.0. The van der Waals surface area contributed by atoms with Crippen LogP contribution in [0.1, 0.15) is 41.0 Å². The number of methoxy groups -OCH3 is 1. The molecule has 1 aliphatic rings. The first-order valence-electron chi connectivity index (χ1n) is 11.5. The van der Waals surface area contributed by atoms with Crippen LogP contribution in [0.3, 0.4) is 0 Å². The molecule has 0 spiro atoms. The minimum Gasteiger partial charge on any atom is -0.491 e. The number of fused-ring (bicyclic) bond motifs is 2. The summed E-state index contributed by atoms with van der Waals surface area (Å²) in [7, 11) is 1.21. The molecule has 0 aromatic heterocycles. The predicted octanol–water partition coefficient (Wildman–Crippen LogP) is 4.15. The van der Waals surface area contributed by atoms with E-state index in [2.05, 4.69) is 15.8 Å². The number of rotatable bonds is 4. The molecule has 0 aliphatic carbocycles. The Bertz CT molecular complexity index is 1180. The average molecular weight is 516 g/mol. The van der Waals surface area contributed by atoms with Gasteiger partial charge < -0.3 is 30.6 Å². The number of esters is 1. The van der Waals surface area contributed by atoms with Gasteiger partial charge in [0.15, 0.2) is 5.69 Å². The summed E-state index contributed by atoms with van der Waals surface area (Å²) in [4.78, 5) is 46.0. The predicted molar refractivity (Wildman–Crippen MR) is 138 cm³/mol. The quantitative estimate of drug-likeness (QED) is 0.176. The smallest absolute Gasteiger partial charge is 0.338 e. The van der Waals surface area contributed by atoms with Crippen LogP contribution in [0.2, 0.25) is 0 Å². The highest BCUT2D eigenvalue weighted by Crippen LogP contribution is 2.38. The van der Waals surface area contributed by atoms with Crippen molar-refractivity contribution in [3.05, 3.63) is 62.6 Å². The van der Waals surface area contributed by atoms with Crippen LogP contribution in [-0.2, 0) is 4.74 Å². The summed E-state index contributed by atoms with van der Waals surface area (Å²) in [5.74, 6) is -1.18. The number of nitro benzene ring substituents is 1. The lowest BCUT2D eigenvalue weighted by Gasteiger charge is -2.16. The molecule has 0 fully saturated rings. The van der Waals surface area contributed by atoms with Crippen molar-refractivity contribution in [3.8, 4) is 11.5 Å². The van der Waals surface area contributed by atoms with Crippen LogP contribution in [0, 0.1) is 15.0 Å². The van der Waals surface area contributed by atoms with Gasteiger partial charge in [0.2, 0.25) is 5.91 Å². The molecule has 1 heterocycles. The normalized spacial score (nSPS) is 13.9. The van der Waals surface area contributed by atoms with Crippen LogP contribution < -0.4 is 25.8 Å². The number of carbonyl (C=O) groups excluding carboxylic acids is 2. The van der Waals surface area contributed by atoms with E-state index in [0.717, 1.165) is 6.07 Å². The molecule has 1 aliphatic heterocycles. The molecule has 2 aromatic carbocycles. The third kappa shape index (κ3) is 7.40. The van der Waals surface area contributed by atoms with E-state index in [4.69, 9.17) is 19.9 Å². The Morgan fingerprint density at radius 3 is 2.11 bits per heavy atom. The van der Waals surface area contributed by atoms with Gasteiger partial charge in [0.25, 0.3) is 5.69 Å². The highest BCUT2D eigenvalue weighted by Gasteiger charge is 2.23. The second-order valence-corrected chi connectivity index (χ2v) is 7.22. The standard InChI is InChI=1S/C22H23N5O8.C2H6/c1-33-22(29)14-9-15(26-30)19-17(12-14)34-7-4-8-35-18-11-13(21(23)28)10-16(27(31)32)20(18)25-6-3-2-5-24-19;1-2/h2-3,9-12,24-25H,4-8H2,1H3,(H2,23,28);1-2H3/b3-2+;. The van der Waals surface area contributed by atoms with E-state index in [1.165, 1.54) is 25.3 Å². The largest absolute Gasteiger partial charge is 0.491 e. The van der Waals surface area contributed by atoms with Crippen molar-refractivity contribution >= 4 is 34.6 Å². The third-order valence-electron chi connectivity index (χ3n) is 4.93. The zero-order chi connectivity index (χ0) is 27.4. The highest BCUT2D eigenvalue weighted by molar-refractivity contribution is 5.96. The molecule has 2 aromatic rings. The Labute approximate surface area is 213 Å². The van der Waals surface area contributed by atoms with Gasteiger partial charge in [0.1, 0.15) is 22.9 Å². The Morgan fingerprint density at radius 1 is 1.00 bits per heavy atom. The fourth-order valence-electron chi connectivity index (χ4n) is 3.29. The summed E-state index contributed by atoms with van der Waals surface area (Å²) < 4.78 is 16.2. The van der Waals surface area contributed by atoms with Gasteiger partial charge in [-0.3, -0.25) is 14.9 Å². The fourth-order valence-corrected chi connectivity index (χ4v) is 3.29. The van der Waals surface area contributed by atoms with E-state index in [9.17, 15) is 24.6 Å². The van der Waals surface area contributed by atoms with Crippen LogP contribution in [0.15, 0.2) is 41.6 Å². The minimum atomic E-state index is -0.831. The summed E-state index contributed by atoms with van der Waals surface area (Å²) in [5, 5.41) is 20.5. The molecule has 13 heteroatoms. The van der Waals surface area contributed by atoms with Crippen molar-refractivity contribution in [2.45, 2.75) is 20.3 Å². The number of hydrogen-bond acceptors (Lipinski definition) is 11. The Kier molecular flexibility index (Phi) is 10.8. The van der Waals surface area contributed by atoms with Crippen molar-refractivity contribution < 1.29 is 28.7 Å². The van der Waals surface area contributed by atoms with Crippen LogP contribution in [0.25, 0.3) is 0 Å². The van der Waals surface area contributed by atoms with E-state index in [0.29, 0.717) is 12.1 Å². The number of primary amides is 1. The summed E-state index contributed by atoms with van der Waals surface area (Å²) >= 11 is 0. The lowest BCUT2D eigenvalue weighted by Crippen LogP contribution is -2.14. The van der Waals surface area contributed by atoms with Crippen molar-refractivity contribution in [3.63, 3.8) is 0 Å². The molecule has 0 radical (unpaired) electrons. The first-order valence-corrected chi connectivity index (χ1v) is 11.5. The van der Waals surface area contributed by atoms with Crippen molar-refractivity contribution in [2.24, 2.45) is 10.9 Å². The molecule has 0 unspecified atom stereocenters. The summed E-state index contributed by atoms with van der Waals surface area (Å²) in [6.07, 6.45) is 3.72. The number of amides is 1. The second-order valence-electron chi connectivity index (χ2n) is 7.22. The summed E-state index contributed by atoms with van der Waals surface area (Å²) in [6, 6.07) is 5.15. The van der Waals surface area contributed by atoms with Crippen LogP contribution in [0.4, 0.5) is 22.7 Å². The monoisotopic (exact) mass is 515 g/mol. The molecular formula is C24H29N5O8. The Balaban J connectivity index is 0.00000235. The number of nitrogens with one attached hydrogen (secondary N) is 2. The van der Waals surface area contributed by atoms with Gasteiger partial charge in [0.05, 0.1) is 30.8 Å². The molecule has 3 rings (SSSR count). The van der Waals surface area contributed by atoms with Crippen molar-refractivity contribution in [1.29, 1.82) is 0 Å². The van der Waals surface area contributed by atoms with Gasteiger partial charge in [-0.05, 0) is 23.4 Å². The van der Waals surface area contributed by atoms with Crippen LogP contribution in [0.5, 0.6) is 11.5 Å². The number of benzene rings is 2. The lowest BCUT2D eigenvalue weighted by atomic mass is 10.1. The van der Waals surface area contributed by atoms with Crippen molar-refractivity contribution in [1.82, 2.24) is 0 Å². The van der Waals surface area contributed by atoms with E-state index < -0.39 is 16.8 Å². The molecule has 13 nitrogen and oxygen atoms in total. The fraction of sp³-hybridized carbons (Fsp3) is 0.333. The molecule has 1 amide bonds. The number of anilines is 2. The maximum atomic E-state index is 12.0. The lowest BCUT2D eigenvalue weighted by molar-refractivity contribution is -0.384. The van der Waals surface area contributed by atoms with Gasteiger partial charge >= 0.3 is 5.97 Å². The maximum Gasteiger partial charge on any atom is 0.338 e. The van der Waals surface area contributed by atoms with E-state index in [-0.39, 0.29) is 66.0 Å². The number of ether oxygens (including phenoxy) is 3. The molecule has 0 saturated carbocycles. The number of carbonyl (C=O) groups is 2.